The molecule has 7 heteroatoms. The molecule has 0 saturated carbocycles. The van der Waals surface area contributed by atoms with Crippen LogP contribution in [0.3, 0.4) is 0 Å². The number of rotatable bonds is 6. The Balaban J connectivity index is 1.37. The summed E-state index contributed by atoms with van der Waals surface area (Å²) >= 11 is 0. The normalized spacial score (nSPS) is 20.5. The molecular formula is C25H28F2N2O3. The molecule has 0 bridgehead atoms. The van der Waals surface area contributed by atoms with Gasteiger partial charge >= 0.3 is 6.61 Å². The molecule has 2 aromatic carbocycles. The topological polar surface area (TPSA) is 58.6 Å². The van der Waals surface area contributed by atoms with Gasteiger partial charge in [-0.2, -0.15) is 8.78 Å². The van der Waals surface area contributed by atoms with Crippen LogP contribution in [0.5, 0.6) is 5.75 Å². The van der Waals surface area contributed by atoms with Gasteiger partial charge in [-0.15, -0.1) is 0 Å². The number of aryl methyl sites for hydroxylation is 1. The highest BCUT2D eigenvalue weighted by atomic mass is 19.3. The van der Waals surface area contributed by atoms with Gasteiger partial charge in [0.15, 0.2) is 0 Å². The highest BCUT2D eigenvalue weighted by molar-refractivity contribution is 5.97. The van der Waals surface area contributed by atoms with Crippen molar-refractivity contribution in [3.05, 3.63) is 65.2 Å². The second-order valence-corrected chi connectivity index (χ2v) is 8.50. The zero-order chi connectivity index (χ0) is 22.5. The van der Waals surface area contributed by atoms with Gasteiger partial charge in [0.25, 0.3) is 5.91 Å². The standard InChI is InChI=1S/C25H28F2N2O3/c26-25(27)32-22-13-4-3-12-21(22)24(31)29-14-6-10-19(16-29)23(30)28-15-18-9-5-8-17-7-1-2-11-20(17)18/h1-4,7,11-13,18-19,25H,5-6,8-10,14-16H2,(H,28,30). The fourth-order valence-electron chi connectivity index (χ4n) is 4.82. The van der Waals surface area contributed by atoms with E-state index in [2.05, 4.69) is 28.3 Å². The molecule has 4 rings (SSSR count). The van der Waals surface area contributed by atoms with Gasteiger partial charge in [-0.05, 0) is 55.4 Å². The van der Waals surface area contributed by atoms with Crippen LogP contribution in [0, 0.1) is 5.92 Å². The molecule has 2 atom stereocenters. The maximum atomic E-state index is 13.0. The molecule has 2 aromatic rings. The van der Waals surface area contributed by atoms with Crippen molar-refractivity contribution in [3.63, 3.8) is 0 Å². The Morgan fingerprint density at radius 1 is 1.06 bits per heavy atom. The number of ether oxygens (including phenoxy) is 1. The number of halogens is 2. The van der Waals surface area contributed by atoms with Crippen molar-refractivity contribution in [2.45, 2.75) is 44.6 Å². The number of likely N-dealkylation sites (tertiary alicyclic amines) is 1. The number of alkyl halides is 2. The third-order valence-electron chi connectivity index (χ3n) is 6.43. The highest BCUT2D eigenvalue weighted by Gasteiger charge is 2.31. The lowest BCUT2D eigenvalue weighted by atomic mass is 9.82. The Morgan fingerprint density at radius 2 is 1.84 bits per heavy atom. The second kappa shape index (κ2) is 10.1. The predicted octanol–water partition coefficient (Wildman–Crippen LogP) is 4.38. The number of nitrogens with zero attached hydrogens (tertiary/aromatic N) is 1. The van der Waals surface area contributed by atoms with Crippen molar-refractivity contribution in [3.8, 4) is 5.75 Å². The molecule has 1 aliphatic heterocycles. The average molecular weight is 443 g/mol. The van der Waals surface area contributed by atoms with Gasteiger partial charge in [0.2, 0.25) is 5.91 Å². The number of para-hydroxylation sites is 1. The smallest absolute Gasteiger partial charge is 0.387 e. The van der Waals surface area contributed by atoms with Crippen LogP contribution in [-0.2, 0) is 11.2 Å². The molecule has 170 valence electrons. The van der Waals surface area contributed by atoms with Gasteiger partial charge in [0.05, 0.1) is 11.5 Å². The lowest BCUT2D eigenvalue weighted by molar-refractivity contribution is -0.126. The van der Waals surface area contributed by atoms with E-state index < -0.39 is 6.61 Å². The summed E-state index contributed by atoms with van der Waals surface area (Å²) in [6, 6.07) is 14.4. The number of hydrogen-bond acceptors (Lipinski definition) is 3. The third-order valence-corrected chi connectivity index (χ3v) is 6.43. The summed E-state index contributed by atoms with van der Waals surface area (Å²) in [4.78, 5) is 27.4. The van der Waals surface area contributed by atoms with E-state index in [9.17, 15) is 18.4 Å². The van der Waals surface area contributed by atoms with E-state index >= 15 is 0 Å². The van der Waals surface area contributed by atoms with E-state index in [-0.39, 0.29) is 35.6 Å². The zero-order valence-electron chi connectivity index (χ0n) is 17.9. The molecule has 2 amide bonds. The second-order valence-electron chi connectivity index (χ2n) is 8.50. The summed E-state index contributed by atoms with van der Waals surface area (Å²) < 4.78 is 29.9. The summed E-state index contributed by atoms with van der Waals surface area (Å²) in [5.74, 6) is -0.587. The van der Waals surface area contributed by atoms with E-state index in [0.29, 0.717) is 31.8 Å². The molecule has 1 aliphatic carbocycles. The summed E-state index contributed by atoms with van der Waals surface area (Å²) in [6.45, 7) is -1.66. The number of benzene rings is 2. The van der Waals surface area contributed by atoms with E-state index in [4.69, 9.17) is 0 Å². The number of carbonyl (C=O) groups excluding carboxylic acids is 2. The van der Waals surface area contributed by atoms with Crippen molar-refractivity contribution in [1.82, 2.24) is 10.2 Å². The first-order chi connectivity index (χ1) is 15.5. The fraction of sp³-hybridized carbons (Fsp3) is 0.440. The van der Waals surface area contributed by atoms with Crippen LogP contribution >= 0.6 is 0 Å². The van der Waals surface area contributed by atoms with Gasteiger partial charge < -0.3 is 15.0 Å². The predicted molar refractivity (Wildman–Crippen MR) is 117 cm³/mol. The van der Waals surface area contributed by atoms with Crippen LogP contribution in [0.15, 0.2) is 48.5 Å². The summed E-state index contributed by atoms with van der Waals surface area (Å²) in [7, 11) is 0. The first kappa shape index (κ1) is 22.2. The minimum atomic E-state index is -3.01. The molecule has 1 heterocycles. The molecule has 2 aliphatic rings. The van der Waals surface area contributed by atoms with Gasteiger partial charge in [-0.1, -0.05) is 36.4 Å². The molecule has 0 spiro atoms. The number of hydrogen-bond donors (Lipinski definition) is 1. The third kappa shape index (κ3) is 5.09. The minimum Gasteiger partial charge on any atom is -0.434 e. The molecule has 1 N–H and O–H groups in total. The van der Waals surface area contributed by atoms with Crippen molar-refractivity contribution in [2.24, 2.45) is 5.92 Å². The number of amides is 2. The average Bonchev–Trinajstić information content (AvgIpc) is 2.82. The van der Waals surface area contributed by atoms with Crippen molar-refractivity contribution in [2.75, 3.05) is 19.6 Å². The lowest BCUT2D eigenvalue weighted by Gasteiger charge is -2.33. The quantitative estimate of drug-likeness (QED) is 0.723. The monoisotopic (exact) mass is 442 g/mol. The van der Waals surface area contributed by atoms with E-state index in [0.717, 1.165) is 19.3 Å². The van der Waals surface area contributed by atoms with Crippen molar-refractivity contribution in [1.29, 1.82) is 0 Å². The van der Waals surface area contributed by atoms with Crippen LogP contribution in [0.4, 0.5) is 8.78 Å². The Morgan fingerprint density at radius 3 is 2.69 bits per heavy atom. The summed E-state index contributed by atoms with van der Waals surface area (Å²) in [5, 5.41) is 3.10. The van der Waals surface area contributed by atoms with Gasteiger partial charge in [0, 0.05) is 25.6 Å². The Bertz CT molecular complexity index is 966. The molecule has 2 unspecified atom stereocenters. The van der Waals surface area contributed by atoms with Crippen LogP contribution < -0.4 is 10.1 Å². The molecule has 0 radical (unpaired) electrons. The van der Waals surface area contributed by atoms with E-state index in [1.54, 1.807) is 17.0 Å². The number of fused-ring (bicyclic) bond motifs is 1. The molecule has 1 fully saturated rings. The largest absolute Gasteiger partial charge is 0.434 e. The Labute approximate surface area is 186 Å². The molecular weight excluding hydrogens is 414 g/mol. The molecule has 32 heavy (non-hydrogen) atoms. The maximum absolute atomic E-state index is 13.0. The summed E-state index contributed by atoms with van der Waals surface area (Å²) in [6.07, 6.45) is 4.63. The van der Waals surface area contributed by atoms with Crippen molar-refractivity contribution < 1.29 is 23.1 Å². The molecule has 1 saturated heterocycles. The van der Waals surface area contributed by atoms with Crippen LogP contribution in [0.2, 0.25) is 0 Å². The van der Waals surface area contributed by atoms with Gasteiger partial charge in [0.1, 0.15) is 5.75 Å². The summed E-state index contributed by atoms with van der Waals surface area (Å²) in [5.41, 5.74) is 2.76. The van der Waals surface area contributed by atoms with E-state index in [1.165, 1.54) is 23.3 Å². The first-order valence-electron chi connectivity index (χ1n) is 11.2. The van der Waals surface area contributed by atoms with Gasteiger partial charge in [-0.25, -0.2) is 0 Å². The number of nitrogens with one attached hydrogen (secondary N) is 1. The molecule has 5 nitrogen and oxygen atoms in total. The van der Waals surface area contributed by atoms with Crippen molar-refractivity contribution >= 4 is 11.8 Å². The van der Waals surface area contributed by atoms with Crippen LogP contribution in [-0.4, -0.2) is 43.0 Å². The van der Waals surface area contributed by atoms with E-state index in [1.807, 2.05) is 6.07 Å². The number of carbonyl (C=O) groups is 2. The Hall–Kier alpha value is -2.96. The molecule has 0 aromatic heterocycles. The van der Waals surface area contributed by atoms with Crippen LogP contribution in [0.1, 0.15) is 53.1 Å². The SMILES string of the molecule is O=C(NCC1CCCc2ccccc21)C1CCCN(C(=O)c2ccccc2OC(F)F)C1. The lowest BCUT2D eigenvalue weighted by Crippen LogP contribution is -2.46. The maximum Gasteiger partial charge on any atom is 0.387 e. The number of piperidine rings is 1. The fourth-order valence-corrected chi connectivity index (χ4v) is 4.82. The highest BCUT2D eigenvalue weighted by Crippen LogP contribution is 2.31. The van der Waals surface area contributed by atoms with Gasteiger partial charge in [-0.3, -0.25) is 9.59 Å². The zero-order valence-corrected chi connectivity index (χ0v) is 17.9. The minimum absolute atomic E-state index is 0.0531. The Kier molecular flexibility index (Phi) is 7.02. The first-order valence-corrected chi connectivity index (χ1v) is 11.2. The van der Waals surface area contributed by atoms with Crippen LogP contribution in [0.25, 0.3) is 0 Å².